The zero-order chi connectivity index (χ0) is 19.0. The van der Waals surface area contributed by atoms with Crippen LogP contribution in [-0.4, -0.2) is 34.4 Å². The first-order chi connectivity index (χ1) is 12.9. The fourth-order valence-electron chi connectivity index (χ4n) is 2.64. The number of benzene rings is 2. The van der Waals surface area contributed by atoms with Crippen molar-refractivity contribution in [3.8, 4) is 17.1 Å². The highest BCUT2D eigenvalue weighted by molar-refractivity contribution is 7.90. The molecule has 0 amide bonds. The minimum atomic E-state index is -3.42. The Kier molecular flexibility index (Phi) is 4.40. The van der Waals surface area contributed by atoms with E-state index < -0.39 is 9.84 Å². The Morgan fingerprint density at radius 2 is 1.81 bits per heavy atom. The van der Waals surface area contributed by atoms with Crippen molar-refractivity contribution >= 4 is 31.4 Å². The van der Waals surface area contributed by atoms with Gasteiger partial charge in [0.25, 0.3) is 0 Å². The topological polar surface area (TPSA) is 87.0 Å². The van der Waals surface area contributed by atoms with Crippen LogP contribution in [0.25, 0.3) is 21.6 Å². The minimum Gasteiger partial charge on any atom is -0.486 e. The van der Waals surface area contributed by atoms with Crippen LogP contribution in [0.5, 0.6) is 5.75 Å². The summed E-state index contributed by atoms with van der Waals surface area (Å²) in [5.41, 5.74) is 1.69. The quantitative estimate of drug-likeness (QED) is 0.512. The molecule has 7 nitrogen and oxygen atoms in total. The summed E-state index contributed by atoms with van der Waals surface area (Å²) in [6.07, 6.45) is 1.11. The SMILES string of the molecule is Cn1nc(-c2ccc(OCc3nc4ccccc4s3)cc2)nc1S(C)(=O)=O. The molecule has 0 aliphatic carbocycles. The molecule has 0 bridgehead atoms. The van der Waals surface area contributed by atoms with E-state index in [0.29, 0.717) is 23.7 Å². The van der Waals surface area contributed by atoms with E-state index in [-0.39, 0.29) is 5.16 Å². The number of thiazole rings is 1. The van der Waals surface area contributed by atoms with E-state index in [9.17, 15) is 8.42 Å². The Balaban J connectivity index is 1.49. The second-order valence-electron chi connectivity index (χ2n) is 6.00. The minimum absolute atomic E-state index is 0.0614. The number of hydrogen-bond donors (Lipinski definition) is 0. The molecule has 2 heterocycles. The van der Waals surface area contributed by atoms with Gasteiger partial charge in [0.05, 0.1) is 10.2 Å². The van der Waals surface area contributed by atoms with Crippen LogP contribution in [0.15, 0.2) is 53.7 Å². The number of rotatable bonds is 5. The van der Waals surface area contributed by atoms with Gasteiger partial charge in [0.2, 0.25) is 15.0 Å². The van der Waals surface area contributed by atoms with Crippen LogP contribution in [0, 0.1) is 0 Å². The lowest BCUT2D eigenvalue weighted by atomic mass is 10.2. The number of sulfone groups is 1. The van der Waals surface area contributed by atoms with Crippen molar-refractivity contribution < 1.29 is 13.2 Å². The smallest absolute Gasteiger partial charge is 0.245 e. The molecule has 0 spiro atoms. The maximum absolute atomic E-state index is 11.7. The number of ether oxygens (including phenoxy) is 1. The third-order valence-corrected chi connectivity index (χ3v) is 5.90. The number of nitrogens with zero attached hydrogens (tertiary/aromatic N) is 4. The number of fused-ring (bicyclic) bond motifs is 1. The fraction of sp³-hybridized carbons (Fsp3) is 0.167. The van der Waals surface area contributed by atoms with Crippen molar-refractivity contribution in [1.29, 1.82) is 0 Å². The molecule has 2 aromatic heterocycles. The molecule has 0 saturated carbocycles. The molecule has 27 heavy (non-hydrogen) atoms. The van der Waals surface area contributed by atoms with Gasteiger partial charge >= 0.3 is 0 Å². The highest BCUT2D eigenvalue weighted by atomic mass is 32.2. The summed E-state index contributed by atoms with van der Waals surface area (Å²) in [7, 11) is -1.86. The van der Waals surface area contributed by atoms with Crippen molar-refractivity contribution in [2.45, 2.75) is 11.8 Å². The van der Waals surface area contributed by atoms with Gasteiger partial charge in [-0.05, 0) is 36.4 Å². The molecule has 0 radical (unpaired) electrons. The Morgan fingerprint density at radius 1 is 1.07 bits per heavy atom. The van der Waals surface area contributed by atoms with E-state index in [1.165, 1.54) is 4.68 Å². The third kappa shape index (κ3) is 3.69. The Morgan fingerprint density at radius 3 is 2.48 bits per heavy atom. The van der Waals surface area contributed by atoms with Crippen LogP contribution < -0.4 is 4.74 Å². The average molecular weight is 400 g/mol. The van der Waals surface area contributed by atoms with Crippen LogP contribution in [0.1, 0.15) is 5.01 Å². The summed E-state index contributed by atoms with van der Waals surface area (Å²) < 4.78 is 31.6. The molecule has 0 aliphatic heterocycles. The van der Waals surface area contributed by atoms with Crippen LogP contribution >= 0.6 is 11.3 Å². The molecule has 0 unspecified atom stereocenters. The van der Waals surface area contributed by atoms with Crippen molar-refractivity contribution in [3.05, 3.63) is 53.5 Å². The maximum atomic E-state index is 11.7. The van der Waals surface area contributed by atoms with Crippen molar-refractivity contribution in [2.75, 3.05) is 6.26 Å². The van der Waals surface area contributed by atoms with Gasteiger partial charge in [0.15, 0.2) is 5.82 Å². The zero-order valence-electron chi connectivity index (χ0n) is 14.7. The van der Waals surface area contributed by atoms with Gasteiger partial charge in [-0.2, -0.15) is 10.1 Å². The van der Waals surface area contributed by atoms with Gasteiger partial charge < -0.3 is 4.74 Å². The monoisotopic (exact) mass is 400 g/mol. The molecule has 0 aliphatic rings. The summed E-state index contributed by atoms with van der Waals surface area (Å²) in [6.45, 7) is 0.388. The van der Waals surface area contributed by atoms with Gasteiger partial charge in [-0.25, -0.2) is 18.1 Å². The van der Waals surface area contributed by atoms with E-state index in [4.69, 9.17) is 4.74 Å². The Labute approximate surface area is 160 Å². The molecule has 9 heteroatoms. The predicted molar refractivity (Wildman–Crippen MR) is 104 cm³/mol. The van der Waals surface area contributed by atoms with Gasteiger partial charge in [0.1, 0.15) is 17.4 Å². The Bertz CT molecular complexity index is 1180. The molecular formula is C18H16N4O3S2. The second-order valence-corrected chi connectivity index (χ2v) is 9.03. The van der Waals surface area contributed by atoms with E-state index in [1.807, 2.05) is 24.3 Å². The van der Waals surface area contributed by atoms with E-state index in [0.717, 1.165) is 21.5 Å². The van der Waals surface area contributed by atoms with Crippen LogP contribution in [0.2, 0.25) is 0 Å². The molecule has 0 saturated heterocycles. The first-order valence-corrected chi connectivity index (χ1v) is 10.8. The summed E-state index contributed by atoms with van der Waals surface area (Å²) in [4.78, 5) is 8.66. The zero-order valence-corrected chi connectivity index (χ0v) is 16.3. The standard InChI is InChI=1S/C18H16N4O3S2/c1-22-18(27(2,23)24)20-17(21-22)12-7-9-13(10-8-12)25-11-16-19-14-5-3-4-6-15(14)26-16/h3-10H,11H2,1-2H3. The average Bonchev–Trinajstić information content (AvgIpc) is 3.23. The van der Waals surface area contributed by atoms with E-state index in [2.05, 4.69) is 15.1 Å². The lowest BCUT2D eigenvalue weighted by Crippen LogP contribution is -2.06. The van der Waals surface area contributed by atoms with Gasteiger partial charge in [-0.15, -0.1) is 11.3 Å². The van der Waals surface area contributed by atoms with Crippen LogP contribution in [0.4, 0.5) is 0 Å². The molecule has 0 N–H and O–H groups in total. The molecule has 4 aromatic rings. The van der Waals surface area contributed by atoms with Crippen molar-refractivity contribution in [1.82, 2.24) is 19.7 Å². The first kappa shape index (κ1) is 17.6. The van der Waals surface area contributed by atoms with Crippen LogP contribution in [0.3, 0.4) is 0 Å². The Hall–Kier alpha value is -2.78. The van der Waals surface area contributed by atoms with Crippen molar-refractivity contribution in [3.63, 3.8) is 0 Å². The predicted octanol–water partition coefficient (Wildman–Crippen LogP) is 3.07. The normalized spacial score (nSPS) is 11.8. The molecule has 2 aromatic carbocycles. The maximum Gasteiger partial charge on any atom is 0.245 e. The second kappa shape index (κ2) is 6.75. The fourth-order valence-corrected chi connectivity index (χ4v) is 4.30. The summed E-state index contributed by atoms with van der Waals surface area (Å²) in [5, 5.41) is 5.02. The number of aryl methyl sites for hydroxylation is 1. The summed E-state index contributed by atoms with van der Waals surface area (Å²) in [5.74, 6) is 1.05. The largest absolute Gasteiger partial charge is 0.486 e. The first-order valence-electron chi connectivity index (χ1n) is 8.09. The molecule has 0 fully saturated rings. The molecular weight excluding hydrogens is 384 g/mol. The molecule has 138 valence electrons. The van der Waals surface area contributed by atoms with Gasteiger partial charge in [-0.1, -0.05) is 12.1 Å². The summed E-state index contributed by atoms with van der Waals surface area (Å²) >= 11 is 1.61. The number of hydrogen-bond acceptors (Lipinski definition) is 7. The highest BCUT2D eigenvalue weighted by Crippen LogP contribution is 2.24. The summed E-state index contributed by atoms with van der Waals surface area (Å²) in [6, 6.07) is 15.2. The molecule has 0 atom stereocenters. The van der Waals surface area contributed by atoms with Crippen LogP contribution in [-0.2, 0) is 23.5 Å². The lowest BCUT2D eigenvalue weighted by molar-refractivity contribution is 0.306. The number of aromatic nitrogens is 4. The third-order valence-electron chi connectivity index (χ3n) is 3.87. The highest BCUT2D eigenvalue weighted by Gasteiger charge is 2.17. The van der Waals surface area contributed by atoms with E-state index in [1.54, 1.807) is 42.6 Å². The lowest BCUT2D eigenvalue weighted by Gasteiger charge is -2.04. The molecule has 4 rings (SSSR count). The van der Waals surface area contributed by atoms with E-state index >= 15 is 0 Å². The van der Waals surface area contributed by atoms with Gasteiger partial charge in [-0.3, -0.25) is 0 Å². The van der Waals surface area contributed by atoms with Gasteiger partial charge in [0, 0.05) is 18.9 Å². The van der Waals surface area contributed by atoms with Crippen molar-refractivity contribution in [2.24, 2.45) is 7.05 Å². The number of para-hydroxylation sites is 1.